The smallest absolute Gasteiger partial charge is 0.263 e. The Morgan fingerprint density at radius 2 is 2.29 bits per heavy atom. The zero-order valence-corrected chi connectivity index (χ0v) is 13.8. The number of nitrogens with one attached hydrogen (secondary N) is 2. The molecular formula is C17H21N3O4. The van der Waals surface area contributed by atoms with Gasteiger partial charge in [-0.25, -0.2) is 0 Å². The molecule has 1 aromatic carbocycles. The fourth-order valence-electron chi connectivity index (χ4n) is 2.32. The van der Waals surface area contributed by atoms with Crippen molar-refractivity contribution in [3.63, 3.8) is 0 Å². The highest BCUT2D eigenvalue weighted by Gasteiger charge is 2.17. The Morgan fingerprint density at radius 3 is 2.92 bits per heavy atom. The maximum Gasteiger partial charge on any atom is 0.263 e. The van der Waals surface area contributed by atoms with E-state index in [1.54, 1.807) is 25.3 Å². The molecule has 1 aliphatic rings. The van der Waals surface area contributed by atoms with E-state index < -0.39 is 5.91 Å². The van der Waals surface area contributed by atoms with Crippen LogP contribution in [0.3, 0.4) is 0 Å². The van der Waals surface area contributed by atoms with Gasteiger partial charge in [0.2, 0.25) is 0 Å². The topological polar surface area (TPSA) is 92.6 Å². The molecule has 1 aromatic rings. The highest BCUT2D eigenvalue weighted by Crippen LogP contribution is 2.29. The molecule has 2 N–H and O–H groups in total. The maximum atomic E-state index is 12.1. The van der Waals surface area contributed by atoms with Gasteiger partial charge >= 0.3 is 0 Å². The SMILES string of the molecule is COc1ccc(N/C=C(/C#N)C(=O)NCC2CCCO2)c(OC)c1. The number of nitrogens with zero attached hydrogens (tertiary/aromatic N) is 1. The molecule has 2 rings (SSSR count). The second-order valence-electron chi connectivity index (χ2n) is 5.23. The second-order valence-corrected chi connectivity index (χ2v) is 5.23. The Morgan fingerprint density at radius 1 is 1.46 bits per heavy atom. The molecule has 1 amide bonds. The Labute approximate surface area is 141 Å². The van der Waals surface area contributed by atoms with Crippen LogP contribution in [0.5, 0.6) is 11.5 Å². The largest absolute Gasteiger partial charge is 0.497 e. The molecule has 1 heterocycles. The summed E-state index contributed by atoms with van der Waals surface area (Å²) in [5.41, 5.74) is 0.601. The summed E-state index contributed by atoms with van der Waals surface area (Å²) < 4.78 is 15.8. The van der Waals surface area contributed by atoms with Crippen LogP contribution in [0.2, 0.25) is 0 Å². The van der Waals surface area contributed by atoms with Crippen molar-refractivity contribution >= 4 is 11.6 Å². The Bertz CT molecular complexity index is 646. The summed E-state index contributed by atoms with van der Waals surface area (Å²) in [6, 6.07) is 7.09. The van der Waals surface area contributed by atoms with Crippen LogP contribution in [0, 0.1) is 11.3 Å². The predicted molar refractivity (Wildman–Crippen MR) is 88.8 cm³/mol. The number of carbonyl (C=O) groups is 1. The quantitative estimate of drug-likeness (QED) is 0.585. The lowest BCUT2D eigenvalue weighted by Crippen LogP contribution is -2.32. The molecule has 0 radical (unpaired) electrons. The van der Waals surface area contributed by atoms with E-state index in [1.165, 1.54) is 13.3 Å². The molecule has 1 saturated heterocycles. The van der Waals surface area contributed by atoms with E-state index in [-0.39, 0.29) is 11.7 Å². The van der Waals surface area contributed by atoms with E-state index in [1.807, 2.05) is 6.07 Å². The first-order valence-electron chi connectivity index (χ1n) is 7.66. The van der Waals surface area contributed by atoms with Crippen LogP contribution in [0.1, 0.15) is 12.8 Å². The lowest BCUT2D eigenvalue weighted by atomic mass is 10.2. The van der Waals surface area contributed by atoms with Crippen LogP contribution in [0.15, 0.2) is 30.0 Å². The lowest BCUT2D eigenvalue weighted by molar-refractivity contribution is -0.117. The van der Waals surface area contributed by atoms with Gasteiger partial charge in [-0.1, -0.05) is 0 Å². The second kappa shape index (κ2) is 8.79. The van der Waals surface area contributed by atoms with Crippen molar-refractivity contribution in [1.82, 2.24) is 5.32 Å². The zero-order valence-electron chi connectivity index (χ0n) is 13.8. The first-order chi connectivity index (χ1) is 11.7. The molecule has 0 spiro atoms. The number of methoxy groups -OCH3 is 2. The molecule has 0 aromatic heterocycles. The van der Waals surface area contributed by atoms with E-state index in [0.29, 0.717) is 23.7 Å². The standard InChI is InChI=1S/C17H21N3O4/c1-22-13-5-6-15(16(8-13)23-2)19-10-12(9-18)17(21)20-11-14-4-3-7-24-14/h5-6,8,10,14,19H,3-4,7,11H2,1-2H3,(H,20,21)/b12-10-. The minimum absolute atomic E-state index is 0.0223. The maximum absolute atomic E-state index is 12.1. The van der Waals surface area contributed by atoms with E-state index in [9.17, 15) is 10.1 Å². The van der Waals surface area contributed by atoms with Crippen LogP contribution in [0.4, 0.5) is 5.69 Å². The van der Waals surface area contributed by atoms with E-state index >= 15 is 0 Å². The zero-order chi connectivity index (χ0) is 17.4. The number of carbonyl (C=O) groups excluding carboxylic acids is 1. The molecule has 0 aliphatic carbocycles. The minimum atomic E-state index is -0.437. The van der Waals surface area contributed by atoms with Gasteiger partial charge in [0.25, 0.3) is 5.91 Å². The van der Waals surface area contributed by atoms with Crippen LogP contribution in [0.25, 0.3) is 0 Å². The first kappa shape index (κ1) is 17.6. The number of benzene rings is 1. The van der Waals surface area contributed by atoms with E-state index in [4.69, 9.17) is 14.2 Å². The number of hydrogen-bond donors (Lipinski definition) is 2. The third kappa shape index (κ3) is 4.64. The fraction of sp³-hybridized carbons (Fsp3) is 0.412. The molecule has 1 atom stereocenters. The van der Waals surface area contributed by atoms with Crippen molar-refractivity contribution in [2.45, 2.75) is 18.9 Å². The number of amides is 1. The van der Waals surface area contributed by atoms with Gasteiger partial charge in [0.15, 0.2) is 0 Å². The van der Waals surface area contributed by atoms with Gasteiger partial charge in [0, 0.05) is 25.4 Å². The highest BCUT2D eigenvalue weighted by molar-refractivity contribution is 5.97. The molecule has 7 heteroatoms. The van der Waals surface area contributed by atoms with Gasteiger partial charge in [-0.05, 0) is 25.0 Å². The van der Waals surface area contributed by atoms with Gasteiger partial charge < -0.3 is 24.8 Å². The summed E-state index contributed by atoms with van der Waals surface area (Å²) in [4.78, 5) is 12.1. The normalized spacial score (nSPS) is 17.0. The third-order valence-electron chi connectivity index (χ3n) is 3.66. The molecule has 1 fully saturated rings. The molecular weight excluding hydrogens is 310 g/mol. The number of ether oxygens (including phenoxy) is 3. The van der Waals surface area contributed by atoms with Crippen LogP contribution < -0.4 is 20.1 Å². The average molecular weight is 331 g/mol. The average Bonchev–Trinajstić information content (AvgIpc) is 3.14. The summed E-state index contributed by atoms with van der Waals surface area (Å²) in [6.07, 6.45) is 3.31. The predicted octanol–water partition coefficient (Wildman–Crippen LogP) is 1.82. The molecule has 1 aliphatic heterocycles. The van der Waals surface area contributed by atoms with E-state index in [0.717, 1.165) is 19.4 Å². The highest BCUT2D eigenvalue weighted by atomic mass is 16.5. The Balaban J connectivity index is 1.99. The van der Waals surface area contributed by atoms with Crippen LogP contribution >= 0.6 is 0 Å². The van der Waals surface area contributed by atoms with Gasteiger partial charge in [-0.2, -0.15) is 5.26 Å². The summed E-state index contributed by atoms with van der Waals surface area (Å²) in [5, 5.41) is 14.8. The monoisotopic (exact) mass is 331 g/mol. The van der Waals surface area contributed by atoms with Crippen molar-refractivity contribution in [3.8, 4) is 17.6 Å². The van der Waals surface area contributed by atoms with Crippen molar-refractivity contribution in [2.75, 3.05) is 32.7 Å². The molecule has 0 bridgehead atoms. The van der Waals surface area contributed by atoms with Crippen LogP contribution in [-0.4, -0.2) is 39.4 Å². The molecule has 1 unspecified atom stereocenters. The van der Waals surface area contributed by atoms with Crippen molar-refractivity contribution in [2.24, 2.45) is 0 Å². The summed E-state index contributed by atoms with van der Waals surface area (Å²) in [6.45, 7) is 1.13. The van der Waals surface area contributed by atoms with Crippen molar-refractivity contribution in [1.29, 1.82) is 5.26 Å². The molecule has 0 saturated carbocycles. The minimum Gasteiger partial charge on any atom is -0.497 e. The van der Waals surface area contributed by atoms with Gasteiger partial charge in [-0.3, -0.25) is 4.79 Å². The van der Waals surface area contributed by atoms with Gasteiger partial charge in [0.05, 0.1) is 26.0 Å². The van der Waals surface area contributed by atoms with E-state index in [2.05, 4.69) is 10.6 Å². The number of hydrogen-bond acceptors (Lipinski definition) is 6. The Hall–Kier alpha value is -2.72. The third-order valence-corrected chi connectivity index (χ3v) is 3.66. The van der Waals surface area contributed by atoms with Crippen LogP contribution in [-0.2, 0) is 9.53 Å². The van der Waals surface area contributed by atoms with Gasteiger partial charge in [0.1, 0.15) is 23.1 Å². The number of rotatable bonds is 7. The molecule has 7 nitrogen and oxygen atoms in total. The molecule has 128 valence electrons. The fourth-order valence-corrected chi connectivity index (χ4v) is 2.32. The first-order valence-corrected chi connectivity index (χ1v) is 7.66. The van der Waals surface area contributed by atoms with Gasteiger partial charge in [-0.15, -0.1) is 0 Å². The summed E-state index contributed by atoms with van der Waals surface area (Å²) >= 11 is 0. The summed E-state index contributed by atoms with van der Waals surface area (Å²) in [5.74, 6) is 0.756. The lowest BCUT2D eigenvalue weighted by Gasteiger charge is -2.11. The number of anilines is 1. The number of nitriles is 1. The Kier molecular flexibility index (Phi) is 6.46. The molecule has 24 heavy (non-hydrogen) atoms. The van der Waals surface area contributed by atoms with Crippen molar-refractivity contribution < 1.29 is 19.0 Å². The van der Waals surface area contributed by atoms with Crippen molar-refractivity contribution in [3.05, 3.63) is 30.0 Å². The summed E-state index contributed by atoms with van der Waals surface area (Å²) in [7, 11) is 3.09.